The van der Waals surface area contributed by atoms with Crippen LogP contribution in [0.15, 0.2) is 46.9 Å². The molecule has 2 aromatic carbocycles. The molecule has 0 unspecified atom stereocenters. The van der Waals surface area contributed by atoms with Gasteiger partial charge in [0.15, 0.2) is 0 Å². The molecule has 0 N–H and O–H groups in total. The van der Waals surface area contributed by atoms with E-state index in [1.165, 1.54) is 6.07 Å². The third kappa shape index (κ3) is 3.41. The first-order valence-corrected chi connectivity index (χ1v) is 6.54. The van der Waals surface area contributed by atoms with E-state index in [9.17, 15) is 9.18 Å². The molecule has 0 heterocycles. The first-order chi connectivity index (χ1) is 9.08. The van der Waals surface area contributed by atoms with Crippen molar-refractivity contribution in [1.29, 1.82) is 0 Å². The van der Waals surface area contributed by atoms with Gasteiger partial charge in [-0.2, -0.15) is 0 Å². The SMILES string of the molecule is Cc1c(F)cc(C(=O)OCc2ccccc2)cc1Br. The molecule has 2 aromatic rings. The lowest BCUT2D eigenvalue weighted by Crippen LogP contribution is -2.06. The Morgan fingerprint density at radius 2 is 1.95 bits per heavy atom. The normalized spacial score (nSPS) is 10.3. The summed E-state index contributed by atoms with van der Waals surface area (Å²) < 4.78 is 19.2. The van der Waals surface area contributed by atoms with Crippen molar-refractivity contribution < 1.29 is 13.9 Å². The lowest BCUT2D eigenvalue weighted by atomic mass is 10.1. The van der Waals surface area contributed by atoms with Gasteiger partial charge in [0.1, 0.15) is 12.4 Å². The van der Waals surface area contributed by atoms with E-state index in [-0.39, 0.29) is 12.2 Å². The number of hydrogen-bond donors (Lipinski definition) is 0. The van der Waals surface area contributed by atoms with E-state index in [0.717, 1.165) is 5.56 Å². The highest BCUT2D eigenvalue weighted by Gasteiger charge is 2.12. The molecule has 0 aliphatic rings. The van der Waals surface area contributed by atoms with Gasteiger partial charge in [0.05, 0.1) is 5.56 Å². The second-order valence-electron chi connectivity index (χ2n) is 4.13. The average Bonchev–Trinajstić information content (AvgIpc) is 2.42. The molecule has 0 aliphatic heterocycles. The first-order valence-electron chi connectivity index (χ1n) is 5.74. The van der Waals surface area contributed by atoms with E-state index in [1.54, 1.807) is 13.0 Å². The van der Waals surface area contributed by atoms with E-state index < -0.39 is 11.8 Å². The number of benzene rings is 2. The molecule has 19 heavy (non-hydrogen) atoms. The second-order valence-corrected chi connectivity index (χ2v) is 4.98. The molecule has 0 aliphatic carbocycles. The minimum Gasteiger partial charge on any atom is -0.457 e. The number of hydrogen-bond acceptors (Lipinski definition) is 2. The smallest absolute Gasteiger partial charge is 0.338 e. The van der Waals surface area contributed by atoms with E-state index in [2.05, 4.69) is 15.9 Å². The number of rotatable bonds is 3. The molecule has 4 heteroatoms. The van der Waals surface area contributed by atoms with Crippen molar-refractivity contribution in [2.24, 2.45) is 0 Å². The number of carbonyl (C=O) groups is 1. The summed E-state index contributed by atoms with van der Waals surface area (Å²) in [5, 5.41) is 0. The lowest BCUT2D eigenvalue weighted by Gasteiger charge is -2.07. The maximum absolute atomic E-state index is 13.5. The van der Waals surface area contributed by atoms with Gasteiger partial charge in [0.2, 0.25) is 0 Å². The summed E-state index contributed by atoms with van der Waals surface area (Å²) in [6.07, 6.45) is 0. The largest absolute Gasteiger partial charge is 0.457 e. The minimum atomic E-state index is -0.538. The molecule has 0 radical (unpaired) electrons. The van der Waals surface area contributed by atoms with Crippen LogP contribution in [0, 0.1) is 12.7 Å². The van der Waals surface area contributed by atoms with Gasteiger partial charge in [-0.05, 0) is 30.2 Å². The van der Waals surface area contributed by atoms with E-state index in [4.69, 9.17) is 4.74 Å². The Labute approximate surface area is 119 Å². The maximum atomic E-state index is 13.5. The number of carbonyl (C=O) groups excluding carboxylic acids is 1. The zero-order valence-electron chi connectivity index (χ0n) is 10.3. The molecular formula is C15H12BrFO2. The van der Waals surface area contributed by atoms with Crippen molar-refractivity contribution in [2.75, 3.05) is 0 Å². The minimum absolute atomic E-state index is 0.173. The van der Waals surface area contributed by atoms with Crippen molar-refractivity contribution in [3.63, 3.8) is 0 Å². The topological polar surface area (TPSA) is 26.3 Å². The standard InChI is InChI=1S/C15H12BrFO2/c1-10-13(16)7-12(8-14(10)17)15(18)19-9-11-5-3-2-4-6-11/h2-8H,9H2,1H3. The summed E-state index contributed by atoms with van der Waals surface area (Å²) in [4.78, 5) is 11.8. The Kier molecular flexibility index (Phi) is 4.32. The predicted octanol–water partition coefficient (Wildman–Crippen LogP) is 4.25. The van der Waals surface area contributed by atoms with E-state index in [0.29, 0.717) is 10.0 Å². The number of esters is 1. The summed E-state index contributed by atoms with van der Waals surface area (Å²) in [6.45, 7) is 1.81. The van der Waals surface area contributed by atoms with Crippen LogP contribution >= 0.6 is 15.9 Å². The van der Waals surface area contributed by atoms with E-state index in [1.807, 2.05) is 30.3 Å². The van der Waals surface area contributed by atoms with Crippen LogP contribution in [-0.2, 0) is 11.3 Å². The summed E-state index contributed by atoms with van der Waals surface area (Å²) >= 11 is 3.21. The van der Waals surface area contributed by atoms with Crippen molar-refractivity contribution in [3.05, 3.63) is 69.4 Å². The molecule has 0 atom stereocenters. The highest BCUT2D eigenvalue weighted by molar-refractivity contribution is 9.10. The average molecular weight is 323 g/mol. The van der Waals surface area contributed by atoms with Crippen LogP contribution in [0.2, 0.25) is 0 Å². The lowest BCUT2D eigenvalue weighted by molar-refractivity contribution is 0.0472. The van der Waals surface area contributed by atoms with Crippen LogP contribution in [0.25, 0.3) is 0 Å². The van der Waals surface area contributed by atoms with Gasteiger partial charge in [0, 0.05) is 4.47 Å². The van der Waals surface area contributed by atoms with Crippen molar-refractivity contribution >= 4 is 21.9 Å². The molecule has 2 rings (SSSR count). The Morgan fingerprint density at radius 3 is 2.58 bits per heavy atom. The van der Waals surface area contributed by atoms with Crippen LogP contribution in [0.3, 0.4) is 0 Å². The highest BCUT2D eigenvalue weighted by atomic mass is 79.9. The zero-order valence-corrected chi connectivity index (χ0v) is 11.9. The van der Waals surface area contributed by atoms with E-state index >= 15 is 0 Å². The van der Waals surface area contributed by atoms with Gasteiger partial charge >= 0.3 is 5.97 Å². The van der Waals surface area contributed by atoms with Crippen LogP contribution in [0.5, 0.6) is 0 Å². The fourth-order valence-electron chi connectivity index (χ4n) is 1.57. The third-order valence-corrected chi connectivity index (χ3v) is 3.55. The van der Waals surface area contributed by atoms with Crippen molar-refractivity contribution in [3.8, 4) is 0 Å². The Bertz CT molecular complexity index is 573. The van der Waals surface area contributed by atoms with Crippen LogP contribution in [-0.4, -0.2) is 5.97 Å². The third-order valence-electron chi connectivity index (χ3n) is 2.73. The monoisotopic (exact) mass is 322 g/mol. The van der Waals surface area contributed by atoms with Crippen molar-refractivity contribution in [1.82, 2.24) is 0 Å². The molecule has 0 saturated carbocycles. The summed E-state index contributed by atoms with van der Waals surface area (Å²) in [5.41, 5.74) is 1.56. The molecule has 0 fully saturated rings. The van der Waals surface area contributed by atoms with Gasteiger partial charge in [-0.15, -0.1) is 0 Å². The van der Waals surface area contributed by atoms with Crippen LogP contribution < -0.4 is 0 Å². The summed E-state index contributed by atoms with van der Waals surface area (Å²) in [7, 11) is 0. The zero-order chi connectivity index (χ0) is 13.8. The summed E-state index contributed by atoms with van der Waals surface area (Å²) in [6, 6.07) is 12.1. The fraction of sp³-hybridized carbons (Fsp3) is 0.133. The van der Waals surface area contributed by atoms with Gasteiger partial charge in [-0.1, -0.05) is 46.3 Å². The first kappa shape index (κ1) is 13.7. The Morgan fingerprint density at radius 1 is 1.26 bits per heavy atom. The number of ether oxygens (including phenoxy) is 1. The van der Waals surface area contributed by atoms with Gasteiger partial charge < -0.3 is 4.74 Å². The second kappa shape index (κ2) is 5.97. The van der Waals surface area contributed by atoms with Gasteiger partial charge in [0.25, 0.3) is 0 Å². The summed E-state index contributed by atoms with van der Waals surface area (Å²) in [5.74, 6) is -0.968. The molecular weight excluding hydrogens is 311 g/mol. The molecule has 98 valence electrons. The van der Waals surface area contributed by atoms with Gasteiger partial charge in [-0.3, -0.25) is 0 Å². The Balaban J connectivity index is 2.08. The predicted molar refractivity (Wildman–Crippen MR) is 74.4 cm³/mol. The number of halogens is 2. The van der Waals surface area contributed by atoms with Crippen LogP contribution in [0.1, 0.15) is 21.5 Å². The molecule has 0 bridgehead atoms. The molecule has 2 nitrogen and oxygen atoms in total. The van der Waals surface area contributed by atoms with Crippen LogP contribution in [0.4, 0.5) is 4.39 Å². The van der Waals surface area contributed by atoms with Gasteiger partial charge in [-0.25, -0.2) is 9.18 Å². The molecule has 0 amide bonds. The maximum Gasteiger partial charge on any atom is 0.338 e. The molecule has 0 saturated heterocycles. The fourth-order valence-corrected chi connectivity index (χ4v) is 2.01. The Hall–Kier alpha value is -1.68. The van der Waals surface area contributed by atoms with Crippen molar-refractivity contribution in [2.45, 2.75) is 13.5 Å². The molecule has 0 aromatic heterocycles. The molecule has 0 spiro atoms. The highest BCUT2D eigenvalue weighted by Crippen LogP contribution is 2.21. The quantitative estimate of drug-likeness (QED) is 0.789.